The Morgan fingerprint density at radius 1 is 0.917 bits per heavy atom. The van der Waals surface area contributed by atoms with E-state index in [0.717, 1.165) is 48.5 Å². The molecule has 0 heterocycles. The van der Waals surface area contributed by atoms with Gasteiger partial charge in [-0.25, -0.2) is 0 Å². The molecule has 0 aliphatic heterocycles. The van der Waals surface area contributed by atoms with Crippen LogP contribution in [0, 0.1) is 0 Å². The molecule has 2 amide bonds. The Morgan fingerprint density at radius 2 is 1.50 bits per heavy atom. The Kier molecular flexibility index (Phi) is 10.9. The van der Waals surface area contributed by atoms with Gasteiger partial charge in [0.05, 0.1) is 20.8 Å². The Hall–Kier alpha value is -3.22. The molecule has 7 heteroatoms. The zero-order valence-electron chi connectivity index (χ0n) is 21.8. The molecule has 0 saturated heterocycles. The van der Waals surface area contributed by atoms with E-state index in [1.807, 2.05) is 55.5 Å². The highest BCUT2D eigenvalue weighted by Crippen LogP contribution is 2.21. The molecule has 0 bridgehead atoms. The molecule has 0 spiro atoms. The van der Waals surface area contributed by atoms with Crippen molar-refractivity contribution in [3.63, 3.8) is 0 Å². The van der Waals surface area contributed by atoms with Gasteiger partial charge in [0.25, 0.3) is 0 Å². The Morgan fingerprint density at radius 3 is 2.08 bits per heavy atom. The van der Waals surface area contributed by atoms with Crippen molar-refractivity contribution in [1.82, 2.24) is 10.2 Å². The molecule has 2 aromatic rings. The molecule has 7 nitrogen and oxygen atoms in total. The van der Waals surface area contributed by atoms with Crippen molar-refractivity contribution < 1.29 is 23.8 Å². The number of hydrogen-bond acceptors (Lipinski definition) is 5. The highest BCUT2D eigenvalue weighted by atomic mass is 16.5. The molecule has 0 unspecified atom stereocenters. The summed E-state index contributed by atoms with van der Waals surface area (Å²) >= 11 is 0. The zero-order valence-corrected chi connectivity index (χ0v) is 21.8. The summed E-state index contributed by atoms with van der Waals surface area (Å²) < 4.78 is 16.2. The van der Waals surface area contributed by atoms with E-state index in [9.17, 15) is 9.59 Å². The fraction of sp³-hybridized carbons (Fsp3) is 0.517. The summed E-state index contributed by atoms with van der Waals surface area (Å²) in [5, 5.41) is 3.22. The van der Waals surface area contributed by atoms with E-state index in [1.54, 1.807) is 19.1 Å². The van der Waals surface area contributed by atoms with Crippen LogP contribution in [0.25, 0.3) is 0 Å². The Bertz CT molecular complexity index is 939. The predicted octanol–water partition coefficient (Wildman–Crippen LogP) is 5.12. The number of rotatable bonds is 13. The van der Waals surface area contributed by atoms with E-state index in [4.69, 9.17) is 14.2 Å². The minimum Gasteiger partial charge on any atom is -0.497 e. The standard InChI is InChI=1S/C29H40N2O5/c1-4-27(29(33)30-23-9-6-5-7-10-23)31(21-22-12-14-24(34-2)15-13-22)28(32)11-8-20-36-26-18-16-25(35-3)17-19-26/h12-19,23,27H,4-11,20-21H2,1-3H3,(H,30,33)/t27-/m1/s1. The molecule has 0 aromatic heterocycles. The lowest BCUT2D eigenvalue weighted by atomic mass is 9.95. The van der Waals surface area contributed by atoms with Gasteiger partial charge in [0.1, 0.15) is 23.3 Å². The van der Waals surface area contributed by atoms with E-state index in [0.29, 0.717) is 32.4 Å². The SMILES string of the molecule is CC[C@H](C(=O)NC1CCCCC1)N(Cc1ccc(OC)cc1)C(=O)CCCOc1ccc(OC)cc1. The monoisotopic (exact) mass is 496 g/mol. The molecule has 2 aromatic carbocycles. The van der Waals surface area contributed by atoms with Crippen LogP contribution in [0.4, 0.5) is 0 Å². The van der Waals surface area contributed by atoms with E-state index in [1.165, 1.54) is 6.42 Å². The molecular weight excluding hydrogens is 456 g/mol. The van der Waals surface area contributed by atoms with Crippen molar-refractivity contribution in [2.24, 2.45) is 0 Å². The maximum absolute atomic E-state index is 13.4. The van der Waals surface area contributed by atoms with Crippen LogP contribution in [0.3, 0.4) is 0 Å². The quantitative estimate of drug-likeness (QED) is 0.390. The minimum absolute atomic E-state index is 0.0465. The average molecular weight is 497 g/mol. The first-order valence-corrected chi connectivity index (χ1v) is 13.0. The van der Waals surface area contributed by atoms with Crippen LogP contribution in [0.5, 0.6) is 17.2 Å². The molecule has 1 saturated carbocycles. The van der Waals surface area contributed by atoms with Gasteiger partial charge in [-0.2, -0.15) is 0 Å². The molecule has 1 N–H and O–H groups in total. The van der Waals surface area contributed by atoms with Crippen LogP contribution in [-0.2, 0) is 16.1 Å². The fourth-order valence-corrected chi connectivity index (χ4v) is 4.62. The number of methoxy groups -OCH3 is 2. The Balaban J connectivity index is 1.64. The second kappa shape index (κ2) is 14.4. The van der Waals surface area contributed by atoms with Crippen LogP contribution in [0.1, 0.15) is 63.9 Å². The fourth-order valence-electron chi connectivity index (χ4n) is 4.62. The first-order chi connectivity index (χ1) is 17.5. The van der Waals surface area contributed by atoms with Gasteiger partial charge in [-0.05, 0) is 67.6 Å². The van der Waals surface area contributed by atoms with Crippen molar-refractivity contribution in [1.29, 1.82) is 0 Å². The van der Waals surface area contributed by atoms with E-state index in [-0.39, 0.29) is 17.9 Å². The van der Waals surface area contributed by atoms with Gasteiger partial charge in [0, 0.05) is 19.0 Å². The molecule has 196 valence electrons. The molecule has 36 heavy (non-hydrogen) atoms. The largest absolute Gasteiger partial charge is 0.497 e. The molecule has 1 aliphatic carbocycles. The summed E-state index contributed by atoms with van der Waals surface area (Å²) in [6.45, 7) is 2.75. The summed E-state index contributed by atoms with van der Waals surface area (Å²) in [6.07, 6.45) is 6.96. The summed E-state index contributed by atoms with van der Waals surface area (Å²) in [5.74, 6) is 2.16. The van der Waals surface area contributed by atoms with Gasteiger partial charge in [-0.15, -0.1) is 0 Å². The maximum atomic E-state index is 13.4. The van der Waals surface area contributed by atoms with E-state index < -0.39 is 6.04 Å². The van der Waals surface area contributed by atoms with Crippen molar-refractivity contribution >= 4 is 11.8 Å². The van der Waals surface area contributed by atoms with E-state index in [2.05, 4.69) is 5.32 Å². The third kappa shape index (κ3) is 8.18. The van der Waals surface area contributed by atoms with Gasteiger partial charge in [-0.3, -0.25) is 9.59 Å². The van der Waals surface area contributed by atoms with Crippen LogP contribution >= 0.6 is 0 Å². The van der Waals surface area contributed by atoms with Crippen LogP contribution in [-0.4, -0.2) is 49.6 Å². The predicted molar refractivity (Wildman–Crippen MR) is 140 cm³/mol. The van der Waals surface area contributed by atoms with Gasteiger partial charge in [-0.1, -0.05) is 38.3 Å². The number of ether oxygens (including phenoxy) is 3. The van der Waals surface area contributed by atoms with Gasteiger partial charge in [0.2, 0.25) is 11.8 Å². The summed E-state index contributed by atoms with van der Waals surface area (Å²) in [4.78, 5) is 28.4. The van der Waals surface area contributed by atoms with Crippen molar-refractivity contribution in [2.45, 2.75) is 76.9 Å². The minimum atomic E-state index is -0.510. The van der Waals surface area contributed by atoms with Crippen LogP contribution < -0.4 is 19.5 Å². The lowest BCUT2D eigenvalue weighted by Gasteiger charge is -2.33. The number of amides is 2. The lowest BCUT2D eigenvalue weighted by molar-refractivity contribution is -0.142. The topological polar surface area (TPSA) is 77.1 Å². The number of carbonyl (C=O) groups is 2. The van der Waals surface area contributed by atoms with Crippen molar-refractivity contribution in [2.75, 3.05) is 20.8 Å². The maximum Gasteiger partial charge on any atom is 0.243 e. The third-order valence-electron chi connectivity index (χ3n) is 6.71. The summed E-state index contributed by atoms with van der Waals surface area (Å²) in [5.41, 5.74) is 0.961. The second-order valence-electron chi connectivity index (χ2n) is 9.26. The molecule has 0 radical (unpaired) electrons. The smallest absolute Gasteiger partial charge is 0.243 e. The first kappa shape index (κ1) is 27.4. The molecular formula is C29H40N2O5. The van der Waals surface area contributed by atoms with Gasteiger partial charge in [0.15, 0.2) is 0 Å². The zero-order chi connectivity index (χ0) is 25.8. The molecule has 1 atom stereocenters. The number of hydrogen-bond donors (Lipinski definition) is 1. The van der Waals surface area contributed by atoms with Gasteiger partial charge >= 0.3 is 0 Å². The average Bonchev–Trinajstić information content (AvgIpc) is 2.92. The highest BCUT2D eigenvalue weighted by Gasteiger charge is 2.30. The summed E-state index contributed by atoms with van der Waals surface area (Å²) in [6, 6.07) is 14.7. The normalized spacial score (nSPS) is 14.5. The summed E-state index contributed by atoms with van der Waals surface area (Å²) in [7, 11) is 3.25. The van der Waals surface area contributed by atoms with Crippen molar-refractivity contribution in [3.8, 4) is 17.2 Å². The van der Waals surface area contributed by atoms with Gasteiger partial charge < -0.3 is 24.4 Å². The number of nitrogens with one attached hydrogen (secondary N) is 1. The first-order valence-electron chi connectivity index (χ1n) is 13.0. The number of benzene rings is 2. The van der Waals surface area contributed by atoms with Crippen LogP contribution in [0.15, 0.2) is 48.5 Å². The number of nitrogens with zero attached hydrogens (tertiary/aromatic N) is 1. The Labute approximate surface area is 215 Å². The molecule has 1 aliphatic rings. The number of carbonyl (C=O) groups excluding carboxylic acids is 2. The molecule has 3 rings (SSSR count). The third-order valence-corrected chi connectivity index (χ3v) is 6.71. The lowest BCUT2D eigenvalue weighted by Crippen LogP contribution is -2.51. The van der Waals surface area contributed by atoms with Crippen LogP contribution in [0.2, 0.25) is 0 Å². The van der Waals surface area contributed by atoms with Crippen molar-refractivity contribution in [3.05, 3.63) is 54.1 Å². The second-order valence-corrected chi connectivity index (χ2v) is 9.26. The highest BCUT2D eigenvalue weighted by molar-refractivity contribution is 5.87. The molecule has 1 fully saturated rings. The van der Waals surface area contributed by atoms with E-state index >= 15 is 0 Å².